The van der Waals surface area contributed by atoms with Crippen LogP contribution in [-0.4, -0.2) is 14.2 Å². The Morgan fingerprint density at radius 1 is 0.549 bits per heavy atom. The lowest BCUT2D eigenvalue weighted by Crippen LogP contribution is -2.87. The zero-order chi connectivity index (χ0) is 34.2. The minimum atomic E-state index is 0.193. The topological polar surface area (TPSA) is 66.0 Å². The third kappa shape index (κ3) is 2.19. The number of benzene rings is 2. The van der Waals surface area contributed by atoms with Crippen molar-refractivity contribution in [2.24, 2.45) is 116 Å². The first kappa shape index (κ1) is 28.3. The van der Waals surface area contributed by atoms with Crippen molar-refractivity contribution in [1.29, 1.82) is 10.5 Å². The Hall–Kier alpha value is -3.24. The summed E-state index contributed by atoms with van der Waals surface area (Å²) >= 11 is 0. The van der Waals surface area contributed by atoms with Crippen molar-refractivity contribution in [3.05, 3.63) is 58.7 Å². The SMILES string of the molecule is COc1c2c(c(OC)c3ccccc13)[C@@H]1C[C@H]2[C@@H]2[C@H]1[C@@]1(C)[C@@H]3[C@@H]4C[C@@H]([C@@H]5[C@H]4[C@@]4(C)[C@@H]6[C@@H]7C[C@@H]([C@@H]8[C@H]7[C@@H]7C=C[C@H]8C(C#N)=C7C#N)[C@@H]6[C@@]54C)[C@@H]3[C@@]21C. The molecule has 0 N–H and O–H groups in total. The average Bonchev–Trinajstić information content (AvgIpc) is 4.01. The highest BCUT2D eigenvalue weighted by atomic mass is 16.5. The van der Waals surface area contributed by atoms with E-state index in [-0.39, 0.29) is 11.8 Å². The van der Waals surface area contributed by atoms with Crippen molar-refractivity contribution < 1.29 is 9.47 Å². The number of fused-ring (bicyclic) bond motifs is 32. The van der Waals surface area contributed by atoms with Crippen LogP contribution in [0.4, 0.5) is 0 Å². The monoisotopic (exact) mass is 672 g/mol. The molecular formula is C47H48N2O2. The third-order valence-electron chi connectivity index (χ3n) is 22.0. The minimum absolute atomic E-state index is 0.193. The molecule has 0 saturated heterocycles. The van der Waals surface area contributed by atoms with E-state index in [1.165, 1.54) is 41.2 Å². The van der Waals surface area contributed by atoms with Gasteiger partial charge in [-0.3, -0.25) is 0 Å². The zero-order valence-electron chi connectivity index (χ0n) is 30.7. The second-order valence-electron chi connectivity index (χ2n) is 21.0. The molecule has 4 nitrogen and oxygen atoms in total. The molecule has 51 heavy (non-hydrogen) atoms. The molecule has 0 radical (unpaired) electrons. The fourth-order valence-corrected chi connectivity index (χ4v) is 21.7. The molecular weight excluding hydrogens is 625 g/mol. The average molecular weight is 673 g/mol. The number of hydrogen-bond donors (Lipinski definition) is 0. The first-order valence-electron chi connectivity index (χ1n) is 20.6. The van der Waals surface area contributed by atoms with Gasteiger partial charge in [0.25, 0.3) is 0 Å². The summed E-state index contributed by atoms with van der Waals surface area (Å²) in [6, 6.07) is 13.9. The molecule has 0 spiro atoms. The molecule has 9 fully saturated rings. The third-order valence-corrected chi connectivity index (χ3v) is 22.0. The maximum atomic E-state index is 10.2. The first-order valence-corrected chi connectivity index (χ1v) is 20.6. The first-order chi connectivity index (χ1) is 24.7. The maximum absolute atomic E-state index is 10.2. The van der Waals surface area contributed by atoms with Crippen LogP contribution < -0.4 is 9.47 Å². The molecule has 0 unspecified atom stereocenters. The van der Waals surface area contributed by atoms with Crippen molar-refractivity contribution in [3.63, 3.8) is 0 Å². The van der Waals surface area contributed by atoms with Gasteiger partial charge in [0, 0.05) is 33.7 Å². The quantitative estimate of drug-likeness (QED) is 0.181. The summed E-state index contributed by atoms with van der Waals surface area (Å²) in [5.41, 5.74) is 6.42. The predicted molar refractivity (Wildman–Crippen MR) is 192 cm³/mol. The van der Waals surface area contributed by atoms with Crippen molar-refractivity contribution >= 4 is 10.8 Å². The maximum Gasteiger partial charge on any atom is 0.130 e. The Labute approximate surface area is 301 Å². The number of ether oxygens (including phenoxy) is 2. The second kappa shape index (κ2) is 7.84. The van der Waals surface area contributed by atoms with Crippen molar-refractivity contribution in [1.82, 2.24) is 0 Å². The van der Waals surface area contributed by atoms with Crippen LogP contribution >= 0.6 is 0 Å². The Kier molecular flexibility index (Phi) is 4.35. The fraction of sp³-hybridized carbons (Fsp3) is 0.660. The highest BCUT2D eigenvalue weighted by Crippen LogP contribution is 3.01. The lowest BCUT2D eigenvalue weighted by molar-refractivity contribution is -0.440. The van der Waals surface area contributed by atoms with Gasteiger partial charge in [-0.15, -0.1) is 0 Å². The molecule has 8 bridgehead atoms. The van der Waals surface area contributed by atoms with Gasteiger partial charge in [0.2, 0.25) is 0 Å². The number of rotatable bonds is 2. The lowest BCUT2D eigenvalue weighted by Gasteiger charge is -2.91. The number of nitriles is 2. The summed E-state index contributed by atoms with van der Waals surface area (Å²) in [4.78, 5) is 0. The van der Waals surface area contributed by atoms with Crippen LogP contribution in [0.15, 0.2) is 47.6 Å². The van der Waals surface area contributed by atoms with Crippen LogP contribution in [0.3, 0.4) is 0 Å². The normalized spacial score (nSPS) is 60.2. The predicted octanol–water partition coefficient (Wildman–Crippen LogP) is 9.14. The molecule has 2 aromatic carbocycles. The summed E-state index contributed by atoms with van der Waals surface area (Å²) in [6.07, 6.45) is 8.86. The molecule has 13 aliphatic carbocycles. The number of allylic oxidation sites excluding steroid dienone is 4. The largest absolute Gasteiger partial charge is 0.496 e. The summed E-state index contributed by atoms with van der Waals surface area (Å²) in [6.45, 7) is 11.2. The van der Waals surface area contributed by atoms with Crippen molar-refractivity contribution in [2.45, 2.75) is 58.8 Å². The Bertz CT molecular complexity index is 2120. The Morgan fingerprint density at radius 3 is 1.31 bits per heavy atom. The minimum Gasteiger partial charge on any atom is -0.496 e. The molecule has 258 valence electrons. The van der Waals surface area contributed by atoms with E-state index in [4.69, 9.17) is 9.47 Å². The molecule has 0 amide bonds. The van der Waals surface area contributed by atoms with Gasteiger partial charge in [0.05, 0.1) is 37.5 Å². The van der Waals surface area contributed by atoms with Gasteiger partial charge in [0.1, 0.15) is 11.5 Å². The molecule has 0 heterocycles. The van der Waals surface area contributed by atoms with Crippen LogP contribution in [0.25, 0.3) is 10.8 Å². The van der Waals surface area contributed by atoms with Crippen LogP contribution in [0.5, 0.6) is 11.5 Å². The molecule has 22 atom stereocenters. The van der Waals surface area contributed by atoms with Gasteiger partial charge in [-0.1, -0.05) is 64.1 Å². The molecule has 13 aliphatic rings. The van der Waals surface area contributed by atoms with Crippen LogP contribution in [0.2, 0.25) is 0 Å². The van der Waals surface area contributed by atoms with Crippen LogP contribution in [0.1, 0.15) is 69.9 Å². The second-order valence-corrected chi connectivity index (χ2v) is 21.0. The van der Waals surface area contributed by atoms with E-state index in [0.717, 1.165) is 93.7 Å². The Balaban J connectivity index is 0.863. The smallest absolute Gasteiger partial charge is 0.130 e. The van der Waals surface area contributed by atoms with E-state index in [2.05, 4.69) is 76.3 Å². The summed E-state index contributed by atoms with van der Waals surface area (Å²) in [5.74, 6) is 15.1. The molecule has 4 heteroatoms. The molecule has 2 aromatic rings. The van der Waals surface area contributed by atoms with Gasteiger partial charge in [-0.25, -0.2) is 0 Å². The van der Waals surface area contributed by atoms with E-state index in [9.17, 15) is 10.5 Å². The molecule has 9 saturated carbocycles. The highest BCUT2D eigenvalue weighted by Gasteiger charge is 2.97. The van der Waals surface area contributed by atoms with E-state index in [0.29, 0.717) is 45.3 Å². The van der Waals surface area contributed by atoms with Gasteiger partial charge < -0.3 is 9.47 Å². The van der Waals surface area contributed by atoms with E-state index in [1.807, 2.05) is 14.2 Å². The molecule has 15 rings (SSSR count). The van der Waals surface area contributed by atoms with Gasteiger partial charge in [-0.05, 0) is 136 Å². The highest BCUT2D eigenvalue weighted by molar-refractivity contribution is 5.97. The summed E-state index contributed by atoms with van der Waals surface area (Å²) < 4.78 is 12.7. The number of nitrogens with zero attached hydrogens (tertiary/aromatic N) is 2. The van der Waals surface area contributed by atoms with Gasteiger partial charge >= 0.3 is 0 Å². The van der Waals surface area contributed by atoms with Crippen molar-refractivity contribution in [3.8, 4) is 23.6 Å². The van der Waals surface area contributed by atoms with Crippen molar-refractivity contribution in [2.75, 3.05) is 14.2 Å². The van der Waals surface area contributed by atoms with E-state index in [1.54, 1.807) is 0 Å². The van der Waals surface area contributed by atoms with E-state index < -0.39 is 0 Å². The van der Waals surface area contributed by atoms with Crippen LogP contribution in [-0.2, 0) is 0 Å². The molecule has 0 aliphatic heterocycles. The molecule has 0 aromatic heterocycles. The number of methoxy groups -OCH3 is 2. The summed E-state index contributed by atoms with van der Waals surface area (Å²) in [5, 5.41) is 22.9. The van der Waals surface area contributed by atoms with E-state index >= 15 is 0 Å². The lowest BCUT2D eigenvalue weighted by atomic mass is 9.13. The van der Waals surface area contributed by atoms with Gasteiger partial charge in [0.15, 0.2) is 0 Å². The number of hydrogen-bond acceptors (Lipinski definition) is 4. The fourth-order valence-electron chi connectivity index (χ4n) is 21.7. The standard InChI is InChI=1S/C47H48N2O2/c1-44-34-22-13-23(31-19-12-11-18(30(22)31)28(16-48)29(19)17-49)35(34)45(44,2)39-27-15-26(38(39)44)40-41(27)47(4)37-25-14-24(36(37)46(40,47)3)32-33(25)43(51-6)21-10-8-7-9-20(21)42(32)50-5/h7-12,18-19,22-27,30-31,34-41H,13-15H2,1-6H3/t18-,19+,22-,23+,24+,25-,26-,27+,30+,31-,34-,35+,36+,37-,38+,39-,40-,41+,44-,45+,46+,47-. The Morgan fingerprint density at radius 2 is 0.922 bits per heavy atom. The van der Waals surface area contributed by atoms with Crippen LogP contribution in [0, 0.1) is 139 Å². The summed E-state index contributed by atoms with van der Waals surface area (Å²) in [7, 11) is 3.79. The zero-order valence-corrected chi connectivity index (χ0v) is 30.7. The van der Waals surface area contributed by atoms with Gasteiger partial charge in [-0.2, -0.15) is 10.5 Å².